The molecule has 1 N–H and O–H groups in total. The highest BCUT2D eigenvalue weighted by atomic mass is 79.9. The van der Waals surface area contributed by atoms with Crippen molar-refractivity contribution in [1.29, 1.82) is 0 Å². The van der Waals surface area contributed by atoms with Gasteiger partial charge in [-0.2, -0.15) is 0 Å². The van der Waals surface area contributed by atoms with Crippen LogP contribution in [-0.4, -0.2) is 28.7 Å². The Bertz CT molecular complexity index is 602. The maximum Gasteiger partial charge on any atom is 0.271 e. The summed E-state index contributed by atoms with van der Waals surface area (Å²) >= 11 is 4.72. The van der Waals surface area contributed by atoms with Crippen LogP contribution in [0, 0.1) is 10.1 Å². The Morgan fingerprint density at radius 2 is 2.21 bits per heavy atom. The molecule has 0 aliphatic carbocycles. The van der Waals surface area contributed by atoms with Crippen molar-refractivity contribution in [3.63, 3.8) is 0 Å². The molecule has 1 heterocycles. The molecule has 0 amide bonds. The molecule has 0 aliphatic heterocycles. The number of aromatic nitrogens is 2. The summed E-state index contributed by atoms with van der Waals surface area (Å²) in [6.07, 6.45) is 0.796. The first-order valence-electron chi connectivity index (χ1n) is 5.52. The largest absolute Gasteiger partial charge is 0.319 e. The lowest BCUT2D eigenvalue weighted by Crippen LogP contribution is -2.09. The smallest absolute Gasteiger partial charge is 0.271 e. The fourth-order valence-electron chi connectivity index (χ4n) is 1.51. The van der Waals surface area contributed by atoms with Crippen LogP contribution < -0.4 is 5.32 Å². The number of nitro groups is 1. The van der Waals surface area contributed by atoms with E-state index in [1.807, 2.05) is 7.05 Å². The number of non-ortho nitro benzene ring substituents is 1. The maximum atomic E-state index is 10.8. The Hall–Kier alpha value is -1.38. The summed E-state index contributed by atoms with van der Waals surface area (Å²) in [4.78, 5) is 10.4. The Morgan fingerprint density at radius 1 is 1.42 bits per heavy atom. The second-order valence-corrected chi connectivity index (χ2v) is 5.79. The number of halogens is 1. The van der Waals surface area contributed by atoms with Crippen molar-refractivity contribution >= 4 is 33.0 Å². The van der Waals surface area contributed by atoms with Crippen molar-refractivity contribution in [3.8, 4) is 10.6 Å². The van der Waals surface area contributed by atoms with Crippen LogP contribution in [0.2, 0.25) is 0 Å². The van der Waals surface area contributed by atoms with Crippen molar-refractivity contribution in [1.82, 2.24) is 15.5 Å². The van der Waals surface area contributed by atoms with Gasteiger partial charge in [0.15, 0.2) is 0 Å². The second-order valence-electron chi connectivity index (χ2n) is 3.81. The predicted molar refractivity (Wildman–Crippen MR) is 77.3 cm³/mol. The van der Waals surface area contributed by atoms with Gasteiger partial charge in [0.2, 0.25) is 0 Å². The zero-order valence-corrected chi connectivity index (χ0v) is 12.5. The van der Waals surface area contributed by atoms with Gasteiger partial charge in [-0.25, -0.2) is 0 Å². The first kappa shape index (κ1) is 14.0. The van der Waals surface area contributed by atoms with E-state index in [2.05, 4.69) is 31.4 Å². The van der Waals surface area contributed by atoms with Crippen LogP contribution in [0.5, 0.6) is 0 Å². The first-order valence-corrected chi connectivity index (χ1v) is 7.13. The Morgan fingerprint density at radius 3 is 2.89 bits per heavy atom. The van der Waals surface area contributed by atoms with Crippen molar-refractivity contribution in [2.45, 2.75) is 6.42 Å². The van der Waals surface area contributed by atoms with E-state index in [-0.39, 0.29) is 5.69 Å². The maximum absolute atomic E-state index is 10.8. The van der Waals surface area contributed by atoms with Gasteiger partial charge in [0, 0.05) is 35.1 Å². The van der Waals surface area contributed by atoms with Gasteiger partial charge in [-0.1, -0.05) is 27.3 Å². The molecule has 0 atom stereocenters. The van der Waals surface area contributed by atoms with Crippen LogP contribution in [0.1, 0.15) is 5.01 Å². The standard InChI is InChI=1S/C11H11BrN4O2S/c1-13-3-2-10-14-15-11(19-10)7-4-8(12)6-9(5-7)16(17)18/h4-6,13H,2-3H2,1H3. The minimum Gasteiger partial charge on any atom is -0.319 e. The monoisotopic (exact) mass is 342 g/mol. The van der Waals surface area contributed by atoms with Crippen LogP contribution in [-0.2, 0) is 6.42 Å². The number of hydrogen-bond donors (Lipinski definition) is 1. The van der Waals surface area contributed by atoms with Gasteiger partial charge in [0.1, 0.15) is 10.0 Å². The molecule has 19 heavy (non-hydrogen) atoms. The van der Waals surface area contributed by atoms with Gasteiger partial charge in [-0.15, -0.1) is 10.2 Å². The zero-order valence-electron chi connectivity index (χ0n) is 10.1. The van der Waals surface area contributed by atoms with Crippen LogP contribution in [0.15, 0.2) is 22.7 Å². The van der Waals surface area contributed by atoms with E-state index < -0.39 is 4.92 Å². The third-order valence-electron chi connectivity index (χ3n) is 2.40. The highest BCUT2D eigenvalue weighted by Crippen LogP contribution is 2.30. The molecule has 0 unspecified atom stereocenters. The molecule has 6 nitrogen and oxygen atoms in total. The van der Waals surface area contributed by atoms with Gasteiger partial charge >= 0.3 is 0 Å². The average molecular weight is 343 g/mol. The predicted octanol–water partition coefficient (Wildman–Crippen LogP) is 2.64. The number of rotatable bonds is 5. The first-order chi connectivity index (χ1) is 9.10. The quantitative estimate of drug-likeness (QED) is 0.667. The molecule has 100 valence electrons. The van der Waals surface area contributed by atoms with Gasteiger partial charge in [-0.3, -0.25) is 10.1 Å². The second kappa shape index (κ2) is 6.18. The van der Waals surface area contributed by atoms with E-state index in [1.54, 1.807) is 6.07 Å². The van der Waals surface area contributed by atoms with Crippen LogP contribution in [0.25, 0.3) is 10.6 Å². The highest BCUT2D eigenvalue weighted by Gasteiger charge is 2.13. The minimum atomic E-state index is -0.419. The topological polar surface area (TPSA) is 81.0 Å². The van der Waals surface area contributed by atoms with Gasteiger partial charge in [-0.05, 0) is 13.1 Å². The van der Waals surface area contributed by atoms with Crippen LogP contribution in [0.3, 0.4) is 0 Å². The molecule has 0 bridgehead atoms. The average Bonchev–Trinajstić information content (AvgIpc) is 2.84. The molecular formula is C11H11BrN4O2S. The highest BCUT2D eigenvalue weighted by molar-refractivity contribution is 9.10. The Labute approximate surface area is 122 Å². The molecule has 2 rings (SSSR count). The fourth-order valence-corrected chi connectivity index (χ4v) is 2.81. The molecule has 0 fully saturated rings. The van der Waals surface area contributed by atoms with Crippen LogP contribution >= 0.6 is 27.3 Å². The lowest BCUT2D eigenvalue weighted by Gasteiger charge is -1.98. The zero-order chi connectivity index (χ0) is 13.8. The Kier molecular flexibility index (Phi) is 4.56. The fraction of sp³-hybridized carbons (Fsp3) is 0.273. The van der Waals surface area contributed by atoms with E-state index in [4.69, 9.17) is 0 Å². The molecule has 2 aromatic rings. The summed E-state index contributed by atoms with van der Waals surface area (Å²) in [7, 11) is 1.87. The van der Waals surface area contributed by atoms with E-state index in [0.717, 1.165) is 18.0 Å². The number of hydrogen-bond acceptors (Lipinski definition) is 6. The van der Waals surface area contributed by atoms with E-state index >= 15 is 0 Å². The summed E-state index contributed by atoms with van der Waals surface area (Å²) in [6.45, 7) is 0.827. The Balaban J connectivity index is 2.30. The third-order valence-corrected chi connectivity index (χ3v) is 3.89. The summed E-state index contributed by atoms with van der Waals surface area (Å²) in [5, 5.41) is 23.6. The summed E-state index contributed by atoms with van der Waals surface area (Å²) in [6, 6.07) is 4.77. The number of nitrogens with one attached hydrogen (secondary N) is 1. The van der Waals surface area contributed by atoms with E-state index in [1.165, 1.54) is 23.5 Å². The van der Waals surface area contributed by atoms with Crippen molar-refractivity contribution in [3.05, 3.63) is 37.8 Å². The molecule has 1 aromatic heterocycles. The van der Waals surface area contributed by atoms with E-state index in [9.17, 15) is 10.1 Å². The van der Waals surface area contributed by atoms with Crippen molar-refractivity contribution < 1.29 is 4.92 Å². The number of nitro benzene ring substituents is 1. The summed E-state index contributed by atoms with van der Waals surface area (Å²) in [5.41, 5.74) is 0.741. The summed E-state index contributed by atoms with van der Waals surface area (Å²) < 4.78 is 0.656. The third kappa shape index (κ3) is 3.55. The SMILES string of the molecule is CNCCc1nnc(-c2cc(Br)cc([N+](=O)[O-])c2)s1. The van der Waals surface area contributed by atoms with Gasteiger partial charge in [0.25, 0.3) is 5.69 Å². The van der Waals surface area contributed by atoms with Crippen molar-refractivity contribution in [2.75, 3.05) is 13.6 Å². The van der Waals surface area contributed by atoms with E-state index in [0.29, 0.717) is 15.0 Å². The molecule has 0 radical (unpaired) electrons. The molecular weight excluding hydrogens is 332 g/mol. The van der Waals surface area contributed by atoms with Crippen molar-refractivity contribution in [2.24, 2.45) is 0 Å². The minimum absolute atomic E-state index is 0.0383. The number of benzene rings is 1. The summed E-state index contributed by atoms with van der Waals surface area (Å²) in [5.74, 6) is 0. The number of nitrogens with zero attached hydrogens (tertiary/aromatic N) is 3. The number of likely N-dealkylation sites (N-methyl/N-ethyl adjacent to an activating group) is 1. The molecule has 0 spiro atoms. The lowest BCUT2D eigenvalue weighted by atomic mass is 10.2. The molecule has 0 saturated carbocycles. The van der Waals surface area contributed by atoms with Crippen LogP contribution in [0.4, 0.5) is 5.69 Å². The molecule has 8 heteroatoms. The van der Waals surface area contributed by atoms with Gasteiger partial charge in [0.05, 0.1) is 4.92 Å². The lowest BCUT2D eigenvalue weighted by molar-refractivity contribution is -0.384. The molecule has 1 aromatic carbocycles. The normalized spacial score (nSPS) is 10.6. The molecule has 0 saturated heterocycles. The molecule has 0 aliphatic rings. The van der Waals surface area contributed by atoms with Gasteiger partial charge < -0.3 is 5.32 Å².